The molecule has 60 valence electrons. The van der Waals surface area contributed by atoms with Crippen LogP contribution in [-0.2, 0) is 4.79 Å². The first-order chi connectivity index (χ1) is 4.66. The molecule has 0 fully saturated rings. The average molecular weight is 163 g/mol. The van der Waals surface area contributed by atoms with Crippen LogP contribution in [0.25, 0.3) is 0 Å². The van der Waals surface area contributed by atoms with Crippen LogP contribution in [0, 0.1) is 5.92 Å². The van der Waals surface area contributed by atoms with Crippen molar-refractivity contribution in [1.29, 1.82) is 0 Å². The lowest BCUT2D eigenvalue weighted by Gasteiger charge is -2.04. The summed E-state index contributed by atoms with van der Waals surface area (Å²) >= 11 is 1.46. The first-order valence-electron chi connectivity index (χ1n) is 3.13. The van der Waals surface area contributed by atoms with Crippen LogP contribution in [-0.4, -0.2) is 29.1 Å². The molecule has 0 aromatic rings. The van der Waals surface area contributed by atoms with Crippen LogP contribution in [0.1, 0.15) is 6.92 Å². The van der Waals surface area contributed by atoms with Crippen molar-refractivity contribution in [2.45, 2.75) is 6.92 Å². The van der Waals surface area contributed by atoms with Gasteiger partial charge in [-0.25, -0.2) is 0 Å². The number of hydrogen-bond acceptors (Lipinski definition) is 3. The van der Waals surface area contributed by atoms with Crippen molar-refractivity contribution in [3.63, 3.8) is 0 Å². The Hall–Kier alpha value is -0.220. The summed E-state index contributed by atoms with van der Waals surface area (Å²) in [6.07, 6.45) is 0. The molecule has 1 amide bonds. The van der Waals surface area contributed by atoms with E-state index in [0.717, 1.165) is 5.75 Å². The molecule has 0 heterocycles. The second kappa shape index (κ2) is 5.56. The van der Waals surface area contributed by atoms with Crippen LogP contribution in [0.2, 0.25) is 0 Å². The molecule has 0 saturated carbocycles. The number of carbonyl (C=O) groups is 1. The fourth-order valence-corrected chi connectivity index (χ4v) is 1.24. The van der Waals surface area contributed by atoms with Crippen molar-refractivity contribution >= 4 is 17.7 Å². The molecule has 0 rings (SSSR count). The zero-order valence-corrected chi connectivity index (χ0v) is 6.86. The average Bonchev–Trinajstić information content (AvgIpc) is 1.87. The summed E-state index contributed by atoms with van der Waals surface area (Å²) < 4.78 is 0. The zero-order chi connectivity index (χ0) is 7.98. The molecule has 1 atom stereocenters. The lowest BCUT2D eigenvalue weighted by molar-refractivity contribution is -0.115. The number of aliphatic hydroxyl groups is 1. The molecule has 0 aliphatic rings. The highest BCUT2D eigenvalue weighted by atomic mass is 32.2. The number of primary amides is 1. The maximum absolute atomic E-state index is 10.2. The van der Waals surface area contributed by atoms with E-state index in [4.69, 9.17) is 10.8 Å². The molecule has 0 aliphatic carbocycles. The van der Waals surface area contributed by atoms with Crippen LogP contribution in [0.3, 0.4) is 0 Å². The molecule has 0 aromatic carbocycles. The van der Waals surface area contributed by atoms with Gasteiger partial charge in [-0.2, -0.15) is 11.8 Å². The number of rotatable bonds is 5. The SMILES string of the molecule is CC(CO)CSCC(N)=O. The third-order valence-corrected chi connectivity index (χ3v) is 2.25. The minimum absolute atomic E-state index is 0.172. The Bertz CT molecular complexity index is 108. The first kappa shape index (κ1) is 9.78. The quantitative estimate of drug-likeness (QED) is 0.591. The molecule has 0 aliphatic heterocycles. The summed E-state index contributed by atoms with van der Waals surface area (Å²) in [7, 11) is 0. The third-order valence-electron chi connectivity index (χ3n) is 0.958. The van der Waals surface area contributed by atoms with E-state index in [1.54, 1.807) is 0 Å². The Balaban J connectivity index is 3.11. The normalized spacial score (nSPS) is 13.0. The summed E-state index contributed by atoms with van der Waals surface area (Å²) in [6.45, 7) is 2.10. The fourth-order valence-electron chi connectivity index (χ4n) is 0.413. The predicted octanol–water partition coefficient (Wildman–Crippen LogP) is -0.167. The van der Waals surface area contributed by atoms with Crippen molar-refractivity contribution < 1.29 is 9.90 Å². The number of carbonyl (C=O) groups excluding carboxylic acids is 1. The van der Waals surface area contributed by atoms with Gasteiger partial charge in [0.15, 0.2) is 0 Å². The fraction of sp³-hybridized carbons (Fsp3) is 0.833. The highest BCUT2D eigenvalue weighted by Crippen LogP contribution is 2.06. The van der Waals surface area contributed by atoms with Crippen LogP contribution in [0.5, 0.6) is 0 Å². The molecule has 0 radical (unpaired) electrons. The highest BCUT2D eigenvalue weighted by molar-refractivity contribution is 7.99. The van der Waals surface area contributed by atoms with E-state index in [0.29, 0.717) is 5.75 Å². The second-order valence-electron chi connectivity index (χ2n) is 2.27. The van der Waals surface area contributed by atoms with Crippen LogP contribution in [0.4, 0.5) is 0 Å². The number of nitrogens with two attached hydrogens (primary N) is 1. The summed E-state index contributed by atoms with van der Waals surface area (Å²) in [5.74, 6) is 1.10. The van der Waals surface area contributed by atoms with Gasteiger partial charge in [0.05, 0.1) is 5.75 Å². The van der Waals surface area contributed by atoms with Gasteiger partial charge in [-0.1, -0.05) is 6.92 Å². The summed E-state index contributed by atoms with van der Waals surface area (Å²) in [5.41, 5.74) is 4.90. The Morgan fingerprint density at radius 2 is 2.40 bits per heavy atom. The number of aliphatic hydroxyl groups excluding tert-OH is 1. The molecule has 1 unspecified atom stereocenters. The van der Waals surface area contributed by atoms with E-state index in [2.05, 4.69) is 0 Å². The Morgan fingerprint density at radius 3 is 2.80 bits per heavy atom. The molecule has 0 spiro atoms. The Labute approximate surface area is 65.0 Å². The number of amides is 1. The molecule has 4 heteroatoms. The van der Waals surface area contributed by atoms with E-state index >= 15 is 0 Å². The van der Waals surface area contributed by atoms with Gasteiger partial charge in [0.2, 0.25) is 5.91 Å². The van der Waals surface area contributed by atoms with Crippen LogP contribution in [0.15, 0.2) is 0 Å². The molecule has 0 aromatic heterocycles. The molecule has 0 bridgehead atoms. The minimum Gasteiger partial charge on any atom is -0.396 e. The van der Waals surface area contributed by atoms with Crippen LogP contribution < -0.4 is 5.73 Å². The minimum atomic E-state index is -0.296. The van der Waals surface area contributed by atoms with E-state index in [9.17, 15) is 4.79 Å². The van der Waals surface area contributed by atoms with E-state index in [-0.39, 0.29) is 18.4 Å². The van der Waals surface area contributed by atoms with Crippen molar-refractivity contribution in [3.8, 4) is 0 Å². The Morgan fingerprint density at radius 1 is 1.80 bits per heavy atom. The summed E-state index contributed by atoms with van der Waals surface area (Å²) in [5, 5.41) is 8.57. The van der Waals surface area contributed by atoms with E-state index in [1.165, 1.54) is 11.8 Å². The Kier molecular flexibility index (Phi) is 5.43. The lowest BCUT2D eigenvalue weighted by Crippen LogP contribution is -2.15. The molecular formula is C6H13NO2S. The van der Waals surface area contributed by atoms with Crippen molar-refractivity contribution in [2.75, 3.05) is 18.1 Å². The maximum Gasteiger partial charge on any atom is 0.227 e. The van der Waals surface area contributed by atoms with Gasteiger partial charge in [0.25, 0.3) is 0 Å². The highest BCUT2D eigenvalue weighted by Gasteiger charge is 2.00. The summed E-state index contributed by atoms with van der Waals surface area (Å²) in [4.78, 5) is 10.2. The van der Waals surface area contributed by atoms with E-state index < -0.39 is 0 Å². The number of hydrogen-bond donors (Lipinski definition) is 2. The molecule has 3 nitrogen and oxygen atoms in total. The maximum atomic E-state index is 10.2. The second-order valence-corrected chi connectivity index (χ2v) is 3.30. The molecule has 3 N–H and O–H groups in total. The summed E-state index contributed by atoms with van der Waals surface area (Å²) in [6, 6.07) is 0. The molecule has 0 saturated heterocycles. The van der Waals surface area contributed by atoms with Crippen molar-refractivity contribution in [3.05, 3.63) is 0 Å². The standard InChI is InChI=1S/C6H13NO2S/c1-5(2-8)3-10-4-6(7)9/h5,8H,2-4H2,1H3,(H2,7,9). The monoisotopic (exact) mass is 163 g/mol. The largest absolute Gasteiger partial charge is 0.396 e. The van der Waals surface area contributed by atoms with Gasteiger partial charge in [-0.05, 0) is 11.7 Å². The first-order valence-corrected chi connectivity index (χ1v) is 4.29. The van der Waals surface area contributed by atoms with Gasteiger partial charge in [-0.3, -0.25) is 4.79 Å². The van der Waals surface area contributed by atoms with Crippen molar-refractivity contribution in [1.82, 2.24) is 0 Å². The van der Waals surface area contributed by atoms with Crippen molar-refractivity contribution in [2.24, 2.45) is 11.7 Å². The van der Waals surface area contributed by atoms with Gasteiger partial charge >= 0.3 is 0 Å². The molecule has 10 heavy (non-hydrogen) atoms. The van der Waals surface area contributed by atoms with Crippen LogP contribution >= 0.6 is 11.8 Å². The topological polar surface area (TPSA) is 63.3 Å². The van der Waals surface area contributed by atoms with Gasteiger partial charge < -0.3 is 10.8 Å². The van der Waals surface area contributed by atoms with E-state index in [1.807, 2.05) is 6.92 Å². The molecular weight excluding hydrogens is 150 g/mol. The smallest absolute Gasteiger partial charge is 0.227 e. The number of thioether (sulfide) groups is 1. The zero-order valence-electron chi connectivity index (χ0n) is 6.04. The third kappa shape index (κ3) is 5.91. The predicted molar refractivity (Wildman–Crippen MR) is 42.8 cm³/mol. The van der Waals surface area contributed by atoms with Gasteiger partial charge in [0, 0.05) is 6.61 Å². The van der Waals surface area contributed by atoms with Gasteiger partial charge in [0.1, 0.15) is 0 Å². The van der Waals surface area contributed by atoms with Gasteiger partial charge in [-0.15, -0.1) is 0 Å². The lowest BCUT2D eigenvalue weighted by atomic mass is 10.2.